The SMILES string of the molecule is O=C(COc1ccccc1F)Nc1ccc(-c2nnnn2C2CC2)cc1. The molecular formula is C18H16FN5O2. The molecule has 1 saturated carbocycles. The number of amides is 1. The van der Waals surface area contributed by atoms with Crippen molar-refractivity contribution < 1.29 is 13.9 Å². The molecule has 1 amide bonds. The Kier molecular flexibility index (Phi) is 4.30. The van der Waals surface area contributed by atoms with Gasteiger partial charge in [0.15, 0.2) is 24.0 Å². The quantitative estimate of drug-likeness (QED) is 0.737. The van der Waals surface area contributed by atoms with E-state index in [-0.39, 0.29) is 18.3 Å². The number of rotatable bonds is 6. The van der Waals surface area contributed by atoms with Gasteiger partial charge in [-0.25, -0.2) is 9.07 Å². The number of para-hydroxylation sites is 1. The highest BCUT2D eigenvalue weighted by Gasteiger charge is 2.28. The van der Waals surface area contributed by atoms with Crippen molar-refractivity contribution in [2.45, 2.75) is 18.9 Å². The Balaban J connectivity index is 1.37. The van der Waals surface area contributed by atoms with Crippen LogP contribution < -0.4 is 10.1 Å². The zero-order valence-electron chi connectivity index (χ0n) is 13.8. The molecule has 0 atom stereocenters. The molecule has 0 aliphatic heterocycles. The first-order chi connectivity index (χ1) is 12.7. The van der Waals surface area contributed by atoms with Crippen molar-refractivity contribution in [2.24, 2.45) is 0 Å². The van der Waals surface area contributed by atoms with E-state index in [4.69, 9.17) is 4.74 Å². The fraction of sp³-hybridized carbons (Fsp3) is 0.222. The maximum Gasteiger partial charge on any atom is 0.262 e. The van der Waals surface area contributed by atoms with E-state index in [1.165, 1.54) is 12.1 Å². The van der Waals surface area contributed by atoms with E-state index in [9.17, 15) is 9.18 Å². The van der Waals surface area contributed by atoms with Crippen molar-refractivity contribution in [2.75, 3.05) is 11.9 Å². The summed E-state index contributed by atoms with van der Waals surface area (Å²) in [6, 6.07) is 13.6. The summed E-state index contributed by atoms with van der Waals surface area (Å²) in [6.07, 6.45) is 2.18. The van der Waals surface area contributed by atoms with Crippen LogP contribution in [0.25, 0.3) is 11.4 Å². The number of halogens is 1. The molecule has 3 aromatic rings. The van der Waals surface area contributed by atoms with Crippen LogP contribution >= 0.6 is 0 Å². The molecule has 1 aliphatic carbocycles. The van der Waals surface area contributed by atoms with E-state index in [0.29, 0.717) is 17.6 Å². The summed E-state index contributed by atoms with van der Waals surface area (Å²) in [5.41, 5.74) is 1.49. The second-order valence-electron chi connectivity index (χ2n) is 6.02. The second kappa shape index (κ2) is 6.91. The van der Waals surface area contributed by atoms with Gasteiger partial charge in [-0.2, -0.15) is 0 Å². The van der Waals surface area contributed by atoms with E-state index in [1.54, 1.807) is 24.3 Å². The number of ether oxygens (including phenoxy) is 1. The number of carbonyl (C=O) groups is 1. The summed E-state index contributed by atoms with van der Waals surface area (Å²) in [4.78, 5) is 12.0. The van der Waals surface area contributed by atoms with E-state index < -0.39 is 5.82 Å². The van der Waals surface area contributed by atoms with E-state index in [1.807, 2.05) is 16.8 Å². The number of benzene rings is 2. The van der Waals surface area contributed by atoms with Gasteiger partial charge in [0.05, 0.1) is 6.04 Å². The lowest BCUT2D eigenvalue weighted by Crippen LogP contribution is -2.20. The van der Waals surface area contributed by atoms with Crippen molar-refractivity contribution >= 4 is 11.6 Å². The number of carbonyl (C=O) groups excluding carboxylic acids is 1. The third-order valence-electron chi connectivity index (χ3n) is 4.01. The molecule has 1 heterocycles. The van der Waals surface area contributed by atoms with E-state index in [0.717, 1.165) is 18.4 Å². The zero-order chi connectivity index (χ0) is 17.9. The molecule has 26 heavy (non-hydrogen) atoms. The maximum atomic E-state index is 13.5. The molecule has 1 aliphatic rings. The standard InChI is InChI=1S/C18H16FN5O2/c19-15-3-1-2-4-16(15)26-11-17(25)20-13-7-5-12(6-8-13)18-21-22-23-24(18)14-9-10-14/h1-8,14H,9-11H2,(H,20,25). The Labute approximate surface area is 148 Å². The first kappa shape index (κ1) is 16.2. The second-order valence-corrected chi connectivity index (χ2v) is 6.02. The molecule has 1 fully saturated rings. The third-order valence-corrected chi connectivity index (χ3v) is 4.01. The first-order valence-electron chi connectivity index (χ1n) is 8.26. The van der Waals surface area contributed by atoms with Crippen LogP contribution in [0.4, 0.5) is 10.1 Å². The first-order valence-corrected chi connectivity index (χ1v) is 8.26. The maximum absolute atomic E-state index is 13.5. The summed E-state index contributed by atoms with van der Waals surface area (Å²) in [6.45, 7) is -0.275. The van der Waals surface area contributed by atoms with Crippen LogP contribution in [0.15, 0.2) is 48.5 Å². The summed E-state index contributed by atoms with van der Waals surface area (Å²) in [5, 5.41) is 14.5. The highest BCUT2D eigenvalue weighted by Crippen LogP contribution is 2.36. The van der Waals surface area contributed by atoms with Gasteiger partial charge in [0, 0.05) is 11.3 Å². The molecule has 1 aromatic heterocycles. The van der Waals surface area contributed by atoms with Crippen LogP contribution in [-0.4, -0.2) is 32.7 Å². The van der Waals surface area contributed by atoms with Crippen molar-refractivity contribution in [3.05, 3.63) is 54.3 Å². The number of anilines is 1. The largest absolute Gasteiger partial charge is 0.481 e. The number of nitrogens with one attached hydrogen (secondary N) is 1. The van der Waals surface area contributed by atoms with Gasteiger partial charge in [-0.1, -0.05) is 12.1 Å². The zero-order valence-corrected chi connectivity index (χ0v) is 13.8. The number of aromatic nitrogens is 4. The van der Waals surface area contributed by atoms with Crippen molar-refractivity contribution in [3.63, 3.8) is 0 Å². The Morgan fingerprint density at radius 1 is 1.19 bits per heavy atom. The van der Waals surface area contributed by atoms with Gasteiger partial charge in [0.25, 0.3) is 5.91 Å². The lowest BCUT2D eigenvalue weighted by Gasteiger charge is -2.09. The van der Waals surface area contributed by atoms with Gasteiger partial charge in [-0.05, 0) is 59.7 Å². The summed E-state index contributed by atoms with van der Waals surface area (Å²) in [7, 11) is 0. The fourth-order valence-electron chi connectivity index (χ4n) is 2.55. The minimum Gasteiger partial charge on any atom is -0.481 e. The average Bonchev–Trinajstić information content (AvgIpc) is 3.38. The predicted molar refractivity (Wildman–Crippen MR) is 92.0 cm³/mol. The molecule has 7 nitrogen and oxygen atoms in total. The Bertz CT molecular complexity index is 921. The predicted octanol–water partition coefficient (Wildman–Crippen LogP) is 2.83. The van der Waals surface area contributed by atoms with E-state index >= 15 is 0 Å². The van der Waals surface area contributed by atoms with Gasteiger partial charge in [0.1, 0.15) is 0 Å². The Morgan fingerprint density at radius 3 is 2.69 bits per heavy atom. The Hall–Kier alpha value is -3.29. The fourth-order valence-corrected chi connectivity index (χ4v) is 2.55. The molecule has 132 valence electrons. The average molecular weight is 353 g/mol. The van der Waals surface area contributed by atoms with Crippen molar-refractivity contribution in [1.82, 2.24) is 20.2 Å². The molecule has 0 saturated heterocycles. The topological polar surface area (TPSA) is 81.9 Å². The number of tetrazole rings is 1. The summed E-state index contributed by atoms with van der Waals surface area (Å²) in [5.74, 6) is -0.111. The number of hydrogen-bond acceptors (Lipinski definition) is 5. The molecule has 1 N–H and O–H groups in total. The van der Waals surface area contributed by atoms with Crippen molar-refractivity contribution in [3.8, 4) is 17.1 Å². The monoisotopic (exact) mass is 353 g/mol. The molecule has 4 rings (SSSR count). The molecule has 2 aromatic carbocycles. The van der Waals surface area contributed by atoms with Gasteiger partial charge in [-0.3, -0.25) is 4.79 Å². The van der Waals surface area contributed by atoms with Gasteiger partial charge in [-0.15, -0.1) is 5.10 Å². The summed E-state index contributed by atoms with van der Waals surface area (Å²) < 4.78 is 20.5. The minimum atomic E-state index is -0.502. The van der Waals surface area contributed by atoms with Crippen molar-refractivity contribution in [1.29, 1.82) is 0 Å². The Morgan fingerprint density at radius 2 is 1.96 bits per heavy atom. The van der Waals surface area contributed by atoms with Crippen LogP contribution in [0.1, 0.15) is 18.9 Å². The number of nitrogens with zero attached hydrogens (tertiary/aromatic N) is 4. The number of hydrogen-bond donors (Lipinski definition) is 1. The lowest BCUT2D eigenvalue weighted by atomic mass is 10.2. The van der Waals surface area contributed by atoms with Crippen LogP contribution in [0.2, 0.25) is 0 Å². The molecule has 0 bridgehead atoms. The van der Waals surface area contributed by atoms with Gasteiger partial charge < -0.3 is 10.1 Å². The third kappa shape index (κ3) is 3.53. The van der Waals surface area contributed by atoms with Crippen LogP contribution in [0, 0.1) is 5.82 Å². The van der Waals surface area contributed by atoms with Crippen LogP contribution in [0.3, 0.4) is 0 Å². The van der Waals surface area contributed by atoms with E-state index in [2.05, 4.69) is 20.8 Å². The molecule has 0 radical (unpaired) electrons. The van der Waals surface area contributed by atoms with Gasteiger partial charge >= 0.3 is 0 Å². The normalized spacial score (nSPS) is 13.4. The minimum absolute atomic E-state index is 0.0462. The summed E-state index contributed by atoms with van der Waals surface area (Å²) >= 11 is 0. The smallest absolute Gasteiger partial charge is 0.262 e. The molecule has 8 heteroatoms. The molecule has 0 unspecified atom stereocenters. The lowest BCUT2D eigenvalue weighted by molar-refractivity contribution is -0.118. The molecule has 0 spiro atoms. The molecular weight excluding hydrogens is 337 g/mol. The highest BCUT2D eigenvalue weighted by molar-refractivity contribution is 5.92. The van der Waals surface area contributed by atoms with Crippen LogP contribution in [-0.2, 0) is 4.79 Å². The highest BCUT2D eigenvalue weighted by atomic mass is 19.1. The van der Waals surface area contributed by atoms with Crippen LogP contribution in [0.5, 0.6) is 5.75 Å². The van der Waals surface area contributed by atoms with Gasteiger partial charge in [0.2, 0.25) is 0 Å².